The molecule has 0 amide bonds. The van der Waals surface area contributed by atoms with E-state index in [1.54, 1.807) is 18.2 Å². The van der Waals surface area contributed by atoms with Crippen LogP contribution >= 0.6 is 23.2 Å². The molecule has 0 saturated heterocycles. The van der Waals surface area contributed by atoms with Crippen LogP contribution in [0.15, 0.2) is 18.2 Å². The Morgan fingerprint density at radius 3 is 2.50 bits per heavy atom. The Morgan fingerprint density at radius 1 is 1.29 bits per heavy atom. The molecule has 0 bridgehead atoms. The van der Waals surface area contributed by atoms with Crippen LogP contribution in [0.2, 0.25) is 10.0 Å². The van der Waals surface area contributed by atoms with Crippen LogP contribution < -0.4 is 0 Å². The molecule has 0 aliphatic carbocycles. The number of hydrogen-bond donors (Lipinski definition) is 0. The van der Waals surface area contributed by atoms with Gasteiger partial charge in [0.1, 0.15) is 0 Å². The zero-order valence-electron chi connectivity index (χ0n) is 7.21. The van der Waals surface area contributed by atoms with Crippen LogP contribution in [0.5, 0.6) is 0 Å². The van der Waals surface area contributed by atoms with Gasteiger partial charge in [-0.15, -0.1) is 0 Å². The molecule has 0 atom stereocenters. The van der Waals surface area contributed by atoms with Gasteiger partial charge in [0, 0.05) is 10.8 Å². The molecule has 14 heavy (non-hydrogen) atoms. The third-order valence-electron chi connectivity index (χ3n) is 1.32. The number of rotatable bonds is 0. The van der Waals surface area contributed by atoms with E-state index < -0.39 is 9.84 Å². The monoisotopic (exact) mass is 248 g/mol. The second-order valence-electron chi connectivity index (χ2n) is 2.60. The first-order chi connectivity index (χ1) is 6.40. The molecule has 0 unspecified atom stereocenters. The highest BCUT2D eigenvalue weighted by Gasteiger charge is 2.01. The van der Waals surface area contributed by atoms with Gasteiger partial charge in [-0.05, 0) is 18.1 Å². The highest BCUT2D eigenvalue weighted by atomic mass is 35.5. The van der Waals surface area contributed by atoms with Crippen molar-refractivity contribution in [3.8, 4) is 11.2 Å². The highest BCUT2D eigenvalue weighted by Crippen LogP contribution is 2.24. The maximum atomic E-state index is 10.8. The summed E-state index contributed by atoms with van der Waals surface area (Å²) in [5.74, 6) is 2.44. The zero-order chi connectivity index (χ0) is 10.8. The van der Waals surface area contributed by atoms with Crippen LogP contribution in [0.4, 0.5) is 0 Å². The Balaban J connectivity index is 3.21. The molecule has 1 rings (SSSR count). The van der Waals surface area contributed by atoms with E-state index in [1.807, 2.05) is 0 Å². The van der Waals surface area contributed by atoms with Crippen LogP contribution in [0.25, 0.3) is 0 Å². The summed E-state index contributed by atoms with van der Waals surface area (Å²) in [6.45, 7) is 0. The zero-order valence-corrected chi connectivity index (χ0v) is 9.54. The van der Waals surface area contributed by atoms with Crippen LogP contribution in [0, 0.1) is 11.2 Å². The van der Waals surface area contributed by atoms with Crippen molar-refractivity contribution in [1.82, 2.24) is 0 Å². The van der Waals surface area contributed by atoms with Gasteiger partial charge >= 0.3 is 0 Å². The number of halogens is 2. The van der Waals surface area contributed by atoms with Gasteiger partial charge in [0.15, 0.2) is 0 Å². The lowest BCUT2D eigenvalue weighted by Gasteiger charge is -1.96. The Morgan fingerprint density at radius 2 is 1.93 bits per heavy atom. The van der Waals surface area contributed by atoms with Crippen molar-refractivity contribution in [2.24, 2.45) is 0 Å². The standard InChI is InChI=1S/C9H6Cl2O2S/c1-14(12,13)6-5-7-3-2-4-8(10)9(7)11/h2-4H,1H3. The summed E-state index contributed by atoms with van der Waals surface area (Å²) in [5, 5.41) is 2.71. The number of benzene rings is 1. The maximum absolute atomic E-state index is 10.8. The topological polar surface area (TPSA) is 34.1 Å². The molecule has 0 heterocycles. The van der Waals surface area contributed by atoms with Gasteiger partial charge < -0.3 is 0 Å². The summed E-state index contributed by atoms with van der Waals surface area (Å²) in [6.07, 6.45) is 1.03. The van der Waals surface area contributed by atoms with Crippen molar-refractivity contribution in [1.29, 1.82) is 0 Å². The minimum Gasteiger partial charge on any atom is -0.216 e. The van der Waals surface area contributed by atoms with Crippen LogP contribution in [-0.2, 0) is 9.84 Å². The van der Waals surface area contributed by atoms with E-state index in [1.165, 1.54) is 0 Å². The lowest BCUT2D eigenvalue weighted by atomic mass is 10.2. The molecule has 0 aliphatic rings. The first-order valence-corrected chi connectivity index (χ1v) is 6.22. The van der Waals surface area contributed by atoms with Crippen molar-refractivity contribution in [3.05, 3.63) is 33.8 Å². The summed E-state index contributed by atoms with van der Waals surface area (Å²) in [7, 11) is -3.31. The minimum atomic E-state index is -3.31. The average Bonchev–Trinajstić information content (AvgIpc) is 2.06. The minimum absolute atomic E-state index is 0.269. The van der Waals surface area contributed by atoms with Crippen molar-refractivity contribution >= 4 is 33.0 Å². The van der Waals surface area contributed by atoms with Gasteiger partial charge in [-0.3, -0.25) is 0 Å². The Kier molecular flexibility index (Phi) is 3.43. The molecule has 0 aliphatic heterocycles. The first kappa shape index (κ1) is 11.4. The third kappa shape index (κ3) is 3.22. The Labute approximate surface area is 92.8 Å². The summed E-state index contributed by atoms with van der Waals surface area (Å²) in [5.41, 5.74) is 0.407. The fourth-order valence-electron chi connectivity index (χ4n) is 0.748. The van der Waals surface area contributed by atoms with E-state index in [2.05, 4.69) is 11.2 Å². The number of hydrogen-bond acceptors (Lipinski definition) is 2. The second kappa shape index (κ2) is 4.22. The SMILES string of the molecule is CS(=O)(=O)C#Cc1cccc(Cl)c1Cl. The average molecular weight is 249 g/mol. The molecule has 0 fully saturated rings. The van der Waals surface area contributed by atoms with E-state index >= 15 is 0 Å². The largest absolute Gasteiger partial charge is 0.216 e. The van der Waals surface area contributed by atoms with Gasteiger partial charge in [0.25, 0.3) is 0 Å². The first-order valence-electron chi connectivity index (χ1n) is 3.57. The third-order valence-corrected chi connectivity index (χ3v) is 2.61. The van der Waals surface area contributed by atoms with Crippen LogP contribution in [0.1, 0.15) is 5.56 Å². The van der Waals surface area contributed by atoms with Gasteiger partial charge in [0.05, 0.1) is 16.3 Å². The van der Waals surface area contributed by atoms with Gasteiger partial charge in [-0.1, -0.05) is 29.3 Å². The van der Waals surface area contributed by atoms with E-state index in [-0.39, 0.29) is 5.02 Å². The molecule has 0 N–H and O–H groups in total. The highest BCUT2D eigenvalue weighted by molar-refractivity contribution is 7.95. The molecule has 1 aromatic carbocycles. The van der Waals surface area contributed by atoms with Gasteiger partial charge in [-0.2, -0.15) is 0 Å². The molecule has 5 heteroatoms. The molecule has 0 aromatic heterocycles. The van der Waals surface area contributed by atoms with Gasteiger partial charge in [0.2, 0.25) is 9.84 Å². The molecule has 1 aromatic rings. The lowest BCUT2D eigenvalue weighted by Crippen LogP contribution is -1.89. The predicted octanol–water partition coefficient (Wildman–Crippen LogP) is 2.35. The summed E-state index contributed by atoms with van der Waals surface area (Å²) < 4.78 is 21.5. The maximum Gasteiger partial charge on any atom is 0.214 e. The van der Waals surface area contributed by atoms with Crippen molar-refractivity contribution in [3.63, 3.8) is 0 Å². The van der Waals surface area contributed by atoms with E-state index in [0.29, 0.717) is 10.6 Å². The van der Waals surface area contributed by atoms with Crippen molar-refractivity contribution in [2.45, 2.75) is 0 Å². The molecule has 0 saturated carbocycles. The van der Waals surface area contributed by atoms with E-state index in [0.717, 1.165) is 6.26 Å². The predicted molar refractivity (Wildman–Crippen MR) is 58.2 cm³/mol. The van der Waals surface area contributed by atoms with Crippen LogP contribution in [0.3, 0.4) is 0 Å². The second-order valence-corrected chi connectivity index (χ2v) is 5.13. The molecule has 0 spiro atoms. The fourth-order valence-corrected chi connectivity index (χ4v) is 1.39. The molecule has 0 radical (unpaired) electrons. The molecule has 2 nitrogen and oxygen atoms in total. The normalized spacial score (nSPS) is 10.5. The van der Waals surface area contributed by atoms with Gasteiger partial charge in [-0.25, -0.2) is 8.42 Å². The lowest BCUT2D eigenvalue weighted by molar-refractivity contribution is 0.611. The number of sulfone groups is 1. The fraction of sp³-hybridized carbons (Fsp3) is 0.111. The quantitative estimate of drug-likeness (QED) is 0.661. The Hall–Kier alpha value is -0.690. The van der Waals surface area contributed by atoms with E-state index in [4.69, 9.17) is 23.2 Å². The summed E-state index contributed by atoms with van der Waals surface area (Å²) >= 11 is 11.5. The Bertz CT molecular complexity index is 509. The molecule has 74 valence electrons. The molecular weight excluding hydrogens is 243 g/mol. The van der Waals surface area contributed by atoms with Crippen molar-refractivity contribution in [2.75, 3.05) is 6.26 Å². The molecular formula is C9H6Cl2O2S. The van der Waals surface area contributed by atoms with Crippen LogP contribution in [-0.4, -0.2) is 14.7 Å². The van der Waals surface area contributed by atoms with Crippen molar-refractivity contribution < 1.29 is 8.42 Å². The summed E-state index contributed by atoms with van der Waals surface area (Å²) in [4.78, 5) is 0. The van der Waals surface area contributed by atoms with E-state index in [9.17, 15) is 8.42 Å². The smallest absolute Gasteiger partial charge is 0.214 e. The summed E-state index contributed by atoms with van der Waals surface area (Å²) in [6, 6.07) is 4.86.